The zero-order valence-electron chi connectivity index (χ0n) is 10.8. The molecule has 0 saturated carbocycles. The van der Waals surface area contributed by atoms with Crippen LogP contribution in [-0.4, -0.2) is 27.7 Å². The molecule has 0 aromatic heterocycles. The number of benzene rings is 1. The monoisotopic (exact) mass is 304 g/mol. The molecule has 1 aromatic rings. The Kier molecular flexibility index (Phi) is 4.71. The molecular weight excluding hydrogens is 288 g/mol. The molecule has 1 fully saturated rings. The fourth-order valence-electron chi connectivity index (χ4n) is 2.10. The minimum absolute atomic E-state index is 0.0292. The minimum atomic E-state index is -3.79. The highest BCUT2D eigenvalue weighted by Gasteiger charge is 2.19. The maximum absolute atomic E-state index is 11.5. The molecule has 0 radical (unpaired) electrons. The smallest absolute Gasteiger partial charge is 0.264 e. The second-order valence-corrected chi connectivity index (χ2v) is 7.19. The van der Waals surface area contributed by atoms with E-state index in [0.717, 1.165) is 31.4 Å². The van der Waals surface area contributed by atoms with E-state index >= 15 is 0 Å². The molecular formula is C13H17ClO4S. The topological polar surface area (TPSA) is 52.6 Å². The molecule has 0 spiro atoms. The largest absolute Gasteiger partial charge is 0.492 e. The van der Waals surface area contributed by atoms with Crippen LogP contribution in [0.4, 0.5) is 0 Å². The van der Waals surface area contributed by atoms with Crippen molar-refractivity contribution >= 4 is 19.7 Å². The summed E-state index contributed by atoms with van der Waals surface area (Å²) in [5, 5.41) is 0. The highest BCUT2D eigenvalue weighted by Crippen LogP contribution is 2.28. The molecule has 0 amide bonds. The lowest BCUT2D eigenvalue weighted by Gasteiger charge is -2.13. The van der Waals surface area contributed by atoms with Crippen molar-refractivity contribution in [1.29, 1.82) is 0 Å². The van der Waals surface area contributed by atoms with Crippen molar-refractivity contribution in [3.8, 4) is 5.75 Å². The predicted molar refractivity (Wildman–Crippen MR) is 73.3 cm³/mol. The molecule has 2 rings (SSSR count). The average Bonchev–Trinajstić information content (AvgIpc) is 2.83. The summed E-state index contributed by atoms with van der Waals surface area (Å²) >= 11 is 0. The van der Waals surface area contributed by atoms with Gasteiger partial charge in [-0.2, -0.15) is 0 Å². The quantitative estimate of drug-likeness (QED) is 0.785. The summed E-state index contributed by atoms with van der Waals surface area (Å²) in [5.41, 5.74) is 0.825. The van der Waals surface area contributed by atoms with Gasteiger partial charge in [0.05, 0.1) is 12.7 Å². The van der Waals surface area contributed by atoms with Gasteiger partial charge < -0.3 is 9.47 Å². The lowest BCUT2D eigenvalue weighted by atomic mass is 10.2. The van der Waals surface area contributed by atoms with Crippen LogP contribution < -0.4 is 4.74 Å². The summed E-state index contributed by atoms with van der Waals surface area (Å²) in [4.78, 5) is 0.0292. The van der Waals surface area contributed by atoms with Crippen LogP contribution in [0, 0.1) is 6.92 Å². The summed E-state index contributed by atoms with van der Waals surface area (Å²) in [5.74, 6) is 0.304. The van der Waals surface area contributed by atoms with Gasteiger partial charge in [0.15, 0.2) is 0 Å². The molecule has 0 N–H and O–H groups in total. The first-order chi connectivity index (χ1) is 8.97. The third-order valence-corrected chi connectivity index (χ3v) is 4.43. The molecule has 6 heteroatoms. The van der Waals surface area contributed by atoms with Crippen molar-refractivity contribution in [2.75, 3.05) is 13.2 Å². The van der Waals surface area contributed by atoms with Gasteiger partial charge in [-0.15, -0.1) is 0 Å². The van der Waals surface area contributed by atoms with E-state index in [1.807, 2.05) is 6.92 Å². The van der Waals surface area contributed by atoms with Crippen molar-refractivity contribution in [1.82, 2.24) is 0 Å². The second kappa shape index (κ2) is 6.11. The Morgan fingerprint density at radius 3 is 2.89 bits per heavy atom. The van der Waals surface area contributed by atoms with Gasteiger partial charge >= 0.3 is 0 Å². The van der Waals surface area contributed by atoms with Gasteiger partial charge in [-0.25, -0.2) is 8.42 Å². The van der Waals surface area contributed by atoms with E-state index in [-0.39, 0.29) is 11.0 Å². The van der Waals surface area contributed by atoms with Crippen LogP contribution in [0.3, 0.4) is 0 Å². The molecule has 1 aliphatic rings. The van der Waals surface area contributed by atoms with Crippen molar-refractivity contribution in [2.24, 2.45) is 0 Å². The van der Waals surface area contributed by atoms with Crippen molar-refractivity contribution < 1.29 is 17.9 Å². The van der Waals surface area contributed by atoms with Crippen molar-refractivity contribution in [3.05, 3.63) is 23.8 Å². The van der Waals surface area contributed by atoms with E-state index in [9.17, 15) is 8.42 Å². The standard InChI is InChI=1S/C13H17ClO4S/c1-10-4-5-12(13(9-10)19(14,15)16)18-8-6-11-3-2-7-17-11/h4-5,9,11H,2-3,6-8H2,1H3. The number of hydrogen-bond acceptors (Lipinski definition) is 4. The lowest BCUT2D eigenvalue weighted by Crippen LogP contribution is -2.11. The average molecular weight is 305 g/mol. The van der Waals surface area contributed by atoms with Gasteiger partial charge in [0.2, 0.25) is 0 Å². The van der Waals surface area contributed by atoms with Gasteiger partial charge in [0, 0.05) is 23.7 Å². The van der Waals surface area contributed by atoms with E-state index in [4.69, 9.17) is 20.2 Å². The normalized spacial score (nSPS) is 19.6. The Morgan fingerprint density at radius 2 is 2.26 bits per heavy atom. The summed E-state index contributed by atoms with van der Waals surface area (Å²) < 4.78 is 34.0. The summed E-state index contributed by atoms with van der Waals surface area (Å²) in [7, 11) is 1.62. The first-order valence-corrected chi connectivity index (χ1v) is 8.57. The maximum atomic E-state index is 11.5. The molecule has 1 aromatic carbocycles. The third kappa shape index (κ3) is 4.09. The van der Waals surface area contributed by atoms with Crippen LogP contribution in [-0.2, 0) is 13.8 Å². The number of ether oxygens (including phenoxy) is 2. The summed E-state index contributed by atoms with van der Waals surface area (Å²) in [6.45, 7) is 3.03. The van der Waals surface area contributed by atoms with E-state index in [0.29, 0.717) is 12.4 Å². The number of rotatable bonds is 5. The molecule has 0 bridgehead atoms. The Morgan fingerprint density at radius 1 is 1.47 bits per heavy atom. The first kappa shape index (κ1) is 14.6. The van der Waals surface area contributed by atoms with Gasteiger partial charge in [-0.1, -0.05) is 6.07 Å². The molecule has 0 aliphatic carbocycles. The zero-order valence-corrected chi connectivity index (χ0v) is 12.3. The Bertz CT molecular complexity index is 536. The fraction of sp³-hybridized carbons (Fsp3) is 0.538. The van der Waals surface area contributed by atoms with Crippen LogP contribution in [0.15, 0.2) is 23.1 Å². The Hall–Kier alpha value is -0.780. The van der Waals surface area contributed by atoms with Gasteiger partial charge in [0.25, 0.3) is 9.05 Å². The molecule has 1 unspecified atom stereocenters. The van der Waals surface area contributed by atoms with Gasteiger partial charge in [-0.05, 0) is 37.5 Å². The van der Waals surface area contributed by atoms with Crippen LogP contribution in [0.2, 0.25) is 0 Å². The molecule has 1 saturated heterocycles. The highest BCUT2D eigenvalue weighted by molar-refractivity contribution is 8.13. The molecule has 1 atom stereocenters. The highest BCUT2D eigenvalue weighted by atomic mass is 35.7. The van der Waals surface area contributed by atoms with E-state index in [1.54, 1.807) is 12.1 Å². The van der Waals surface area contributed by atoms with Crippen LogP contribution in [0.25, 0.3) is 0 Å². The van der Waals surface area contributed by atoms with Gasteiger partial charge in [0.1, 0.15) is 10.6 Å². The Labute approximate surface area is 118 Å². The fourth-order valence-corrected chi connectivity index (χ4v) is 3.15. The number of aryl methyl sites for hydroxylation is 1. The van der Waals surface area contributed by atoms with Gasteiger partial charge in [-0.3, -0.25) is 0 Å². The number of hydrogen-bond donors (Lipinski definition) is 0. The molecule has 19 heavy (non-hydrogen) atoms. The second-order valence-electron chi connectivity index (χ2n) is 4.66. The van der Waals surface area contributed by atoms with Crippen molar-refractivity contribution in [2.45, 2.75) is 37.2 Å². The lowest BCUT2D eigenvalue weighted by molar-refractivity contribution is 0.0899. The van der Waals surface area contributed by atoms with Crippen LogP contribution in [0.5, 0.6) is 5.75 Å². The summed E-state index contributed by atoms with van der Waals surface area (Å²) in [6.07, 6.45) is 3.10. The minimum Gasteiger partial charge on any atom is -0.492 e. The van der Waals surface area contributed by atoms with Crippen LogP contribution >= 0.6 is 10.7 Å². The SMILES string of the molecule is Cc1ccc(OCCC2CCCO2)c(S(=O)(=O)Cl)c1. The molecule has 1 aliphatic heterocycles. The summed E-state index contributed by atoms with van der Waals surface area (Å²) in [6, 6.07) is 4.96. The predicted octanol–water partition coefficient (Wildman–Crippen LogP) is 2.87. The number of halogens is 1. The maximum Gasteiger partial charge on any atom is 0.264 e. The van der Waals surface area contributed by atoms with E-state index in [2.05, 4.69) is 0 Å². The molecule has 106 valence electrons. The van der Waals surface area contributed by atoms with Crippen molar-refractivity contribution in [3.63, 3.8) is 0 Å². The molecule has 4 nitrogen and oxygen atoms in total. The van der Waals surface area contributed by atoms with E-state index in [1.165, 1.54) is 6.07 Å². The zero-order chi connectivity index (χ0) is 13.9. The first-order valence-electron chi connectivity index (χ1n) is 6.26. The van der Waals surface area contributed by atoms with E-state index < -0.39 is 9.05 Å². The molecule has 1 heterocycles. The Balaban J connectivity index is 2.03. The third-order valence-electron chi connectivity index (χ3n) is 3.08. The van der Waals surface area contributed by atoms with Crippen LogP contribution in [0.1, 0.15) is 24.8 Å².